The van der Waals surface area contributed by atoms with Gasteiger partial charge in [-0.15, -0.1) is 0 Å². The van der Waals surface area contributed by atoms with Crippen LogP contribution in [0, 0.1) is 6.92 Å². The zero-order valence-corrected chi connectivity index (χ0v) is 13.1. The highest BCUT2D eigenvalue weighted by Gasteiger charge is 2.09. The van der Waals surface area contributed by atoms with Gasteiger partial charge in [-0.05, 0) is 24.6 Å². The molecule has 6 nitrogen and oxygen atoms in total. The Morgan fingerprint density at radius 3 is 2.62 bits per heavy atom. The number of hydrogen-bond acceptors (Lipinski definition) is 4. The largest absolute Gasteiger partial charge is 0.365 e. The highest BCUT2D eigenvalue weighted by Crippen LogP contribution is 2.13. The maximum Gasteiger partial charge on any atom is 0.365 e. The van der Waals surface area contributed by atoms with Gasteiger partial charge >= 0.3 is 5.69 Å². The average Bonchev–Trinajstić information content (AvgIpc) is 2.57. The summed E-state index contributed by atoms with van der Waals surface area (Å²) in [4.78, 5) is 28.1. The summed E-state index contributed by atoms with van der Waals surface area (Å²) in [5.41, 5.74) is 2.45. The van der Waals surface area contributed by atoms with Crippen LogP contribution in [-0.4, -0.2) is 20.7 Å². The molecule has 0 radical (unpaired) electrons. The first-order valence-corrected chi connectivity index (χ1v) is 7.48. The van der Waals surface area contributed by atoms with Gasteiger partial charge in [-0.1, -0.05) is 42.5 Å². The molecule has 0 aliphatic rings. The smallest absolute Gasteiger partial charge is 0.324 e. The van der Waals surface area contributed by atoms with Crippen molar-refractivity contribution in [1.29, 1.82) is 0 Å². The molecule has 1 heterocycles. The number of nitrogens with zero attached hydrogens (tertiary/aromatic N) is 3. The summed E-state index contributed by atoms with van der Waals surface area (Å²) >= 11 is 0. The first-order chi connectivity index (χ1) is 11.6. The minimum atomic E-state index is -0.559. The summed E-state index contributed by atoms with van der Waals surface area (Å²) in [7, 11) is 0. The topological polar surface area (TPSA) is 76.9 Å². The molecule has 0 unspecified atom stereocenters. The van der Waals surface area contributed by atoms with Crippen molar-refractivity contribution >= 4 is 11.6 Å². The Kier molecular flexibility index (Phi) is 4.47. The number of benzene rings is 2. The molecule has 1 N–H and O–H groups in total. The van der Waals surface area contributed by atoms with Crippen molar-refractivity contribution in [2.75, 3.05) is 5.32 Å². The minimum Gasteiger partial charge on any atom is -0.324 e. The molecule has 0 saturated carbocycles. The van der Waals surface area contributed by atoms with Crippen molar-refractivity contribution in [2.24, 2.45) is 0 Å². The number of anilines is 1. The number of nitrogens with one attached hydrogen (secondary N) is 1. The minimum absolute atomic E-state index is 0.186. The van der Waals surface area contributed by atoms with E-state index in [9.17, 15) is 9.59 Å². The van der Waals surface area contributed by atoms with Crippen LogP contribution in [0.4, 0.5) is 5.69 Å². The van der Waals surface area contributed by atoms with Crippen LogP contribution in [0.2, 0.25) is 0 Å². The SMILES string of the molecule is Cc1cccc(NC(=O)Cn2ncc(-c3ccccc3)nc2=O)c1. The van der Waals surface area contributed by atoms with Gasteiger partial charge in [0.05, 0.1) is 11.9 Å². The lowest BCUT2D eigenvalue weighted by atomic mass is 10.2. The summed E-state index contributed by atoms with van der Waals surface area (Å²) in [6, 6.07) is 16.7. The highest BCUT2D eigenvalue weighted by atomic mass is 16.2. The normalized spacial score (nSPS) is 10.4. The molecule has 24 heavy (non-hydrogen) atoms. The number of carbonyl (C=O) groups is 1. The molecule has 0 atom stereocenters. The standard InChI is InChI=1S/C18H16N4O2/c1-13-6-5-9-15(10-13)20-17(23)12-22-18(24)21-16(11-19-22)14-7-3-2-4-8-14/h2-11H,12H2,1H3,(H,20,23). The molecule has 0 bridgehead atoms. The lowest BCUT2D eigenvalue weighted by molar-refractivity contribution is -0.117. The molecule has 1 amide bonds. The van der Waals surface area contributed by atoms with Crippen LogP contribution in [0.25, 0.3) is 11.3 Å². The van der Waals surface area contributed by atoms with Crippen LogP contribution >= 0.6 is 0 Å². The molecule has 120 valence electrons. The van der Waals surface area contributed by atoms with E-state index >= 15 is 0 Å². The predicted molar refractivity (Wildman–Crippen MR) is 91.5 cm³/mol. The Morgan fingerprint density at radius 1 is 1.12 bits per heavy atom. The molecule has 0 spiro atoms. The van der Waals surface area contributed by atoms with Crippen LogP contribution < -0.4 is 11.0 Å². The van der Waals surface area contributed by atoms with E-state index in [4.69, 9.17) is 0 Å². The van der Waals surface area contributed by atoms with E-state index in [-0.39, 0.29) is 12.5 Å². The van der Waals surface area contributed by atoms with Gasteiger partial charge in [0.15, 0.2) is 0 Å². The number of rotatable bonds is 4. The molecule has 3 rings (SSSR count). The quantitative estimate of drug-likeness (QED) is 0.800. The van der Waals surface area contributed by atoms with Crippen LogP contribution in [-0.2, 0) is 11.3 Å². The number of hydrogen-bond donors (Lipinski definition) is 1. The van der Waals surface area contributed by atoms with E-state index in [0.29, 0.717) is 11.4 Å². The second-order valence-electron chi connectivity index (χ2n) is 5.37. The molecule has 0 aliphatic heterocycles. The fraction of sp³-hybridized carbons (Fsp3) is 0.111. The fourth-order valence-electron chi connectivity index (χ4n) is 2.28. The van der Waals surface area contributed by atoms with Gasteiger partial charge in [0.1, 0.15) is 6.54 Å². The zero-order valence-electron chi connectivity index (χ0n) is 13.1. The van der Waals surface area contributed by atoms with E-state index in [1.165, 1.54) is 6.20 Å². The van der Waals surface area contributed by atoms with Crippen molar-refractivity contribution in [3.05, 3.63) is 76.8 Å². The molecule has 2 aromatic carbocycles. The molecule has 0 fully saturated rings. The van der Waals surface area contributed by atoms with E-state index in [0.717, 1.165) is 15.8 Å². The molecule has 0 saturated heterocycles. The van der Waals surface area contributed by atoms with Gasteiger partial charge in [-0.25, -0.2) is 9.48 Å². The van der Waals surface area contributed by atoms with Crippen LogP contribution in [0.15, 0.2) is 65.6 Å². The van der Waals surface area contributed by atoms with Crippen molar-refractivity contribution < 1.29 is 4.79 Å². The molecule has 3 aromatic rings. The maximum absolute atomic E-state index is 12.1. The van der Waals surface area contributed by atoms with Crippen LogP contribution in [0.5, 0.6) is 0 Å². The van der Waals surface area contributed by atoms with E-state index in [1.54, 1.807) is 6.07 Å². The van der Waals surface area contributed by atoms with E-state index in [1.807, 2.05) is 55.5 Å². The van der Waals surface area contributed by atoms with Crippen LogP contribution in [0.3, 0.4) is 0 Å². The summed E-state index contributed by atoms with van der Waals surface area (Å²) in [6.45, 7) is 1.75. The Bertz CT molecular complexity index is 920. The summed E-state index contributed by atoms with van der Waals surface area (Å²) < 4.78 is 1.04. The summed E-state index contributed by atoms with van der Waals surface area (Å²) in [6.07, 6.45) is 1.48. The molecule has 1 aromatic heterocycles. The monoisotopic (exact) mass is 320 g/mol. The Morgan fingerprint density at radius 2 is 1.92 bits per heavy atom. The van der Waals surface area contributed by atoms with E-state index in [2.05, 4.69) is 15.4 Å². The predicted octanol–water partition coefficient (Wildman–Crippen LogP) is 2.25. The molecule has 0 aliphatic carbocycles. The van der Waals surface area contributed by atoms with Crippen molar-refractivity contribution in [3.8, 4) is 11.3 Å². The fourth-order valence-corrected chi connectivity index (χ4v) is 2.28. The Labute approximate surface area is 138 Å². The number of amides is 1. The van der Waals surface area contributed by atoms with E-state index < -0.39 is 5.69 Å². The Hall–Kier alpha value is -3.28. The molecular formula is C18H16N4O2. The number of carbonyl (C=O) groups excluding carboxylic acids is 1. The Balaban J connectivity index is 1.74. The molecule has 6 heteroatoms. The first kappa shape index (κ1) is 15.6. The van der Waals surface area contributed by atoms with Crippen molar-refractivity contribution in [3.63, 3.8) is 0 Å². The number of aromatic nitrogens is 3. The third kappa shape index (κ3) is 3.73. The average molecular weight is 320 g/mol. The summed E-state index contributed by atoms with van der Waals surface area (Å²) in [5, 5.41) is 6.77. The lowest BCUT2D eigenvalue weighted by Gasteiger charge is -2.07. The van der Waals surface area contributed by atoms with Gasteiger partial charge in [0, 0.05) is 11.3 Å². The van der Waals surface area contributed by atoms with Gasteiger partial charge in [0.2, 0.25) is 5.91 Å². The van der Waals surface area contributed by atoms with Crippen molar-refractivity contribution in [2.45, 2.75) is 13.5 Å². The maximum atomic E-state index is 12.1. The second kappa shape index (κ2) is 6.87. The van der Waals surface area contributed by atoms with Gasteiger partial charge in [0.25, 0.3) is 0 Å². The third-order valence-electron chi connectivity index (χ3n) is 3.42. The third-order valence-corrected chi connectivity index (χ3v) is 3.42. The van der Waals surface area contributed by atoms with Crippen molar-refractivity contribution in [1.82, 2.24) is 14.8 Å². The van der Waals surface area contributed by atoms with Crippen LogP contribution in [0.1, 0.15) is 5.56 Å². The second-order valence-corrected chi connectivity index (χ2v) is 5.37. The first-order valence-electron chi connectivity index (χ1n) is 7.48. The molecular weight excluding hydrogens is 304 g/mol. The van der Waals surface area contributed by atoms with Gasteiger partial charge in [-0.3, -0.25) is 4.79 Å². The van der Waals surface area contributed by atoms with Gasteiger partial charge in [-0.2, -0.15) is 10.1 Å². The van der Waals surface area contributed by atoms with Gasteiger partial charge < -0.3 is 5.32 Å². The zero-order chi connectivity index (χ0) is 16.9. The number of aryl methyl sites for hydroxylation is 1. The lowest BCUT2D eigenvalue weighted by Crippen LogP contribution is -2.31. The summed E-state index contributed by atoms with van der Waals surface area (Å²) in [5.74, 6) is -0.329. The highest BCUT2D eigenvalue weighted by molar-refractivity contribution is 5.90.